The highest BCUT2D eigenvalue weighted by atomic mass is 35.5. The second-order valence-electron chi connectivity index (χ2n) is 7.80. The minimum absolute atomic E-state index is 0.0172. The quantitative estimate of drug-likeness (QED) is 0.629. The van der Waals surface area contributed by atoms with Gasteiger partial charge < -0.3 is 15.7 Å². The molecule has 1 atom stereocenters. The molecule has 1 fully saturated rings. The third-order valence-corrected chi connectivity index (χ3v) is 6.04. The summed E-state index contributed by atoms with van der Waals surface area (Å²) >= 11 is 5.94. The van der Waals surface area contributed by atoms with Gasteiger partial charge >= 0.3 is 0 Å². The molecule has 0 unspecified atom stereocenters. The SMILES string of the molecule is Cc1nn(C)c(C)c1NC(=O)[C@@H](C)N1CCC(C(=O)Nc2cc(Cl)ccc2O)CC1. The maximum atomic E-state index is 12.7. The summed E-state index contributed by atoms with van der Waals surface area (Å²) in [5, 5.41) is 20.4. The van der Waals surface area contributed by atoms with Crippen LogP contribution < -0.4 is 10.6 Å². The van der Waals surface area contributed by atoms with Gasteiger partial charge in [0.15, 0.2) is 0 Å². The largest absolute Gasteiger partial charge is 0.506 e. The molecule has 9 heteroatoms. The van der Waals surface area contributed by atoms with Crippen LogP contribution in [0.25, 0.3) is 0 Å². The number of hydrogen-bond donors (Lipinski definition) is 3. The minimum atomic E-state index is -0.315. The smallest absolute Gasteiger partial charge is 0.241 e. The van der Waals surface area contributed by atoms with Crippen LogP contribution in [0.15, 0.2) is 18.2 Å². The Kier molecular flexibility index (Phi) is 6.67. The molecule has 0 bridgehead atoms. The maximum absolute atomic E-state index is 12.7. The maximum Gasteiger partial charge on any atom is 0.241 e. The van der Waals surface area contributed by atoms with E-state index in [1.807, 2.05) is 27.8 Å². The Bertz CT molecular complexity index is 950. The molecule has 162 valence electrons. The standard InChI is InChI=1S/C21H28ClN5O3/c1-12-19(13(2)26(4)25-12)24-20(29)14(3)27-9-7-15(8-10-27)21(30)23-17-11-16(22)5-6-18(17)28/h5-6,11,14-15,28H,7-10H2,1-4H3,(H,23,30)(H,24,29)/t14-/m1/s1. The molecule has 2 heterocycles. The molecular formula is C21H28ClN5O3. The van der Waals surface area contributed by atoms with E-state index in [0.29, 0.717) is 36.6 Å². The number of phenols is 1. The van der Waals surface area contributed by atoms with Crippen molar-refractivity contribution in [2.45, 2.75) is 39.7 Å². The summed E-state index contributed by atoms with van der Waals surface area (Å²) in [6, 6.07) is 4.22. The number of halogens is 1. The molecule has 0 spiro atoms. The number of amides is 2. The van der Waals surface area contributed by atoms with Crippen LogP contribution in [0.1, 0.15) is 31.2 Å². The zero-order valence-corrected chi connectivity index (χ0v) is 18.5. The number of carbonyl (C=O) groups is 2. The van der Waals surface area contributed by atoms with Crippen LogP contribution in [0.2, 0.25) is 5.02 Å². The third kappa shape index (κ3) is 4.76. The van der Waals surface area contributed by atoms with Gasteiger partial charge in [0.2, 0.25) is 11.8 Å². The van der Waals surface area contributed by atoms with Gasteiger partial charge in [0.05, 0.1) is 28.8 Å². The number of phenolic OH excluding ortho intramolecular Hbond substituents is 1. The lowest BCUT2D eigenvalue weighted by Crippen LogP contribution is -2.47. The molecule has 3 rings (SSSR count). The van der Waals surface area contributed by atoms with E-state index in [1.165, 1.54) is 12.1 Å². The van der Waals surface area contributed by atoms with E-state index in [1.54, 1.807) is 10.7 Å². The van der Waals surface area contributed by atoms with Crippen LogP contribution in [-0.2, 0) is 16.6 Å². The first-order chi connectivity index (χ1) is 14.2. The van der Waals surface area contributed by atoms with Crippen molar-refractivity contribution in [3.63, 3.8) is 0 Å². The Hall–Kier alpha value is -2.58. The van der Waals surface area contributed by atoms with Crippen molar-refractivity contribution in [2.24, 2.45) is 13.0 Å². The summed E-state index contributed by atoms with van der Waals surface area (Å²) in [5.74, 6) is -0.430. The summed E-state index contributed by atoms with van der Waals surface area (Å²) in [6.07, 6.45) is 1.27. The van der Waals surface area contributed by atoms with Gasteiger partial charge in [0, 0.05) is 18.0 Å². The summed E-state index contributed by atoms with van der Waals surface area (Å²) < 4.78 is 1.75. The topological polar surface area (TPSA) is 99.5 Å². The lowest BCUT2D eigenvalue weighted by atomic mass is 9.94. The third-order valence-electron chi connectivity index (χ3n) is 5.80. The number of anilines is 2. The molecule has 1 aliphatic heterocycles. The van der Waals surface area contributed by atoms with E-state index in [0.717, 1.165) is 17.1 Å². The second kappa shape index (κ2) is 9.06. The van der Waals surface area contributed by atoms with Crippen molar-refractivity contribution >= 4 is 34.8 Å². The summed E-state index contributed by atoms with van der Waals surface area (Å²) in [7, 11) is 1.85. The molecule has 1 aromatic heterocycles. The summed E-state index contributed by atoms with van der Waals surface area (Å²) in [6.45, 7) is 6.94. The van der Waals surface area contributed by atoms with Crippen molar-refractivity contribution in [1.29, 1.82) is 0 Å². The lowest BCUT2D eigenvalue weighted by molar-refractivity contribution is -0.123. The predicted molar refractivity (Wildman–Crippen MR) is 117 cm³/mol. The van der Waals surface area contributed by atoms with Gasteiger partial charge in [0.1, 0.15) is 5.75 Å². The van der Waals surface area contributed by atoms with E-state index in [9.17, 15) is 14.7 Å². The van der Waals surface area contributed by atoms with Gasteiger partial charge in [-0.25, -0.2) is 0 Å². The molecule has 8 nitrogen and oxygen atoms in total. The van der Waals surface area contributed by atoms with E-state index < -0.39 is 0 Å². The molecule has 2 amide bonds. The molecule has 0 radical (unpaired) electrons. The highest BCUT2D eigenvalue weighted by Crippen LogP contribution is 2.28. The number of aryl methyl sites for hydroxylation is 2. The number of rotatable bonds is 5. The van der Waals surface area contributed by atoms with Gasteiger partial charge in [-0.3, -0.25) is 19.2 Å². The van der Waals surface area contributed by atoms with Crippen LogP contribution in [0, 0.1) is 19.8 Å². The molecular weight excluding hydrogens is 406 g/mol. The first kappa shape index (κ1) is 22.1. The van der Waals surface area contributed by atoms with E-state index in [-0.39, 0.29) is 29.5 Å². The zero-order valence-electron chi connectivity index (χ0n) is 17.7. The number of benzene rings is 1. The number of hydrogen-bond acceptors (Lipinski definition) is 5. The van der Waals surface area contributed by atoms with Gasteiger partial charge in [-0.15, -0.1) is 0 Å². The van der Waals surface area contributed by atoms with E-state index >= 15 is 0 Å². The lowest BCUT2D eigenvalue weighted by Gasteiger charge is -2.34. The van der Waals surface area contributed by atoms with Crippen LogP contribution >= 0.6 is 11.6 Å². The summed E-state index contributed by atoms with van der Waals surface area (Å²) in [4.78, 5) is 27.4. The minimum Gasteiger partial charge on any atom is -0.506 e. The molecule has 1 aliphatic rings. The molecule has 2 aromatic rings. The van der Waals surface area contributed by atoms with Crippen LogP contribution in [0.5, 0.6) is 5.75 Å². The number of piperidine rings is 1. The highest BCUT2D eigenvalue weighted by Gasteiger charge is 2.30. The summed E-state index contributed by atoms with van der Waals surface area (Å²) in [5.41, 5.74) is 2.76. The van der Waals surface area contributed by atoms with Crippen molar-refractivity contribution in [3.05, 3.63) is 34.6 Å². The first-order valence-electron chi connectivity index (χ1n) is 10.0. The molecule has 3 N–H and O–H groups in total. The average Bonchev–Trinajstić information content (AvgIpc) is 2.96. The second-order valence-corrected chi connectivity index (χ2v) is 8.23. The van der Waals surface area contributed by atoms with Crippen LogP contribution in [0.3, 0.4) is 0 Å². The van der Waals surface area contributed by atoms with Crippen molar-refractivity contribution in [1.82, 2.24) is 14.7 Å². The Labute approximate surface area is 181 Å². The van der Waals surface area contributed by atoms with Crippen molar-refractivity contribution in [2.75, 3.05) is 23.7 Å². The Morgan fingerprint density at radius 2 is 1.90 bits per heavy atom. The first-order valence-corrected chi connectivity index (χ1v) is 10.4. The molecule has 1 aromatic carbocycles. The molecule has 30 heavy (non-hydrogen) atoms. The predicted octanol–water partition coefficient (Wildman–Crippen LogP) is 3.07. The van der Waals surface area contributed by atoms with E-state index in [2.05, 4.69) is 20.6 Å². The Morgan fingerprint density at radius 3 is 2.50 bits per heavy atom. The molecule has 1 saturated heterocycles. The monoisotopic (exact) mass is 433 g/mol. The zero-order chi connectivity index (χ0) is 22.0. The Morgan fingerprint density at radius 1 is 1.23 bits per heavy atom. The number of aromatic hydroxyl groups is 1. The van der Waals surface area contributed by atoms with Gasteiger partial charge in [-0.1, -0.05) is 11.6 Å². The number of nitrogens with one attached hydrogen (secondary N) is 2. The van der Waals surface area contributed by atoms with Gasteiger partial charge in [0.25, 0.3) is 0 Å². The molecule has 0 saturated carbocycles. The fraction of sp³-hybridized carbons (Fsp3) is 0.476. The fourth-order valence-corrected chi connectivity index (χ4v) is 3.91. The normalized spacial score (nSPS) is 16.3. The molecule has 0 aliphatic carbocycles. The van der Waals surface area contributed by atoms with E-state index in [4.69, 9.17) is 11.6 Å². The van der Waals surface area contributed by atoms with Crippen molar-refractivity contribution < 1.29 is 14.7 Å². The van der Waals surface area contributed by atoms with Gasteiger partial charge in [-0.2, -0.15) is 5.10 Å². The average molecular weight is 434 g/mol. The fourth-order valence-electron chi connectivity index (χ4n) is 3.74. The number of nitrogens with zero attached hydrogens (tertiary/aromatic N) is 3. The van der Waals surface area contributed by atoms with Gasteiger partial charge in [-0.05, 0) is 64.9 Å². The number of aromatic nitrogens is 2. The number of likely N-dealkylation sites (tertiary alicyclic amines) is 1. The highest BCUT2D eigenvalue weighted by molar-refractivity contribution is 6.31. The number of carbonyl (C=O) groups excluding carboxylic acids is 2. The van der Waals surface area contributed by atoms with Crippen LogP contribution in [0.4, 0.5) is 11.4 Å². The van der Waals surface area contributed by atoms with Crippen molar-refractivity contribution in [3.8, 4) is 5.75 Å². The Balaban J connectivity index is 1.54. The van der Waals surface area contributed by atoms with Crippen LogP contribution in [-0.4, -0.2) is 50.7 Å².